The van der Waals surface area contributed by atoms with Gasteiger partial charge in [-0.25, -0.2) is 0 Å². The summed E-state index contributed by atoms with van der Waals surface area (Å²) in [6.45, 7) is 0.382. The van der Waals surface area contributed by atoms with Gasteiger partial charge in [-0.15, -0.1) is 0 Å². The van der Waals surface area contributed by atoms with Crippen LogP contribution in [0.4, 0.5) is 0 Å². The first-order chi connectivity index (χ1) is 11.2. The van der Waals surface area contributed by atoms with Gasteiger partial charge in [0.05, 0.1) is 0 Å². The van der Waals surface area contributed by atoms with Gasteiger partial charge in [0, 0.05) is 0 Å². The van der Waals surface area contributed by atoms with Crippen molar-refractivity contribution in [3.8, 4) is 0 Å². The number of benzene rings is 2. The van der Waals surface area contributed by atoms with Gasteiger partial charge in [0.15, 0.2) is 0 Å². The van der Waals surface area contributed by atoms with Gasteiger partial charge >= 0.3 is 154 Å². The first kappa shape index (κ1) is 16.4. The first-order valence-corrected chi connectivity index (χ1v) is 21.5. The van der Waals surface area contributed by atoms with E-state index in [1.54, 1.807) is 7.16 Å². The fourth-order valence-corrected chi connectivity index (χ4v) is 29.0. The molecule has 0 amide bonds. The third-order valence-electron chi connectivity index (χ3n) is 6.15. The van der Waals surface area contributed by atoms with Crippen molar-refractivity contribution in [2.75, 3.05) is 6.61 Å². The third-order valence-corrected chi connectivity index (χ3v) is 31.2. The monoisotopic (exact) mass is 526 g/mol. The maximum absolute atomic E-state index is 10.1. The Morgan fingerprint density at radius 3 is 1.91 bits per heavy atom. The molecular formula is C20H23IOSn. The molecular weight excluding hydrogens is 502 g/mol. The standard InChI is InChI=1S/C8H13O.2C6H5.HI.Sn/c9-5-8-4-6-1-2-7(8)3-6;2*1-2-4-6-5-3-1;;/h4,6-9H,1-3,5H2;2*1-5H;1H;/q;;;;+1/p-1/t6-,7+,8+;;;;/m0..../s1. The predicted octanol–water partition coefficient (Wildman–Crippen LogP) is 3.59. The topological polar surface area (TPSA) is 20.2 Å². The molecule has 2 aliphatic rings. The fourth-order valence-electron chi connectivity index (χ4n) is 5.21. The Morgan fingerprint density at radius 1 is 0.870 bits per heavy atom. The number of hydrogen-bond donors (Lipinski definition) is 1. The van der Waals surface area contributed by atoms with Crippen LogP contribution in [0.15, 0.2) is 60.7 Å². The van der Waals surface area contributed by atoms with Crippen molar-refractivity contribution in [2.45, 2.75) is 23.2 Å². The van der Waals surface area contributed by atoms with E-state index in [1.807, 2.05) is 0 Å². The molecule has 2 fully saturated rings. The van der Waals surface area contributed by atoms with Gasteiger partial charge in [0.2, 0.25) is 0 Å². The van der Waals surface area contributed by atoms with E-state index in [2.05, 4.69) is 79.3 Å². The van der Waals surface area contributed by atoms with Crippen LogP contribution in [0.3, 0.4) is 0 Å². The molecule has 2 aromatic rings. The van der Waals surface area contributed by atoms with Crippen molar-refractivity contribution in [3.05, 3.63) is 60.7 Å². The molecule has 1 nitrogen and oxygen atoms in total. The van der Waals surface area contributed by atoms with E-state index in [-0.39, 0.29) is 0 Å². The summed E-state index contributed by atoms with van der Waals surface area (Å²) >= 11 is 0.0627. The van der Waals surface area contributed by atoms with Crippen LogP contribution in [0.1, 0.15) is 19.3 Å². The molecule has 2 aliphatic carbocycles. The Balaban J connectivity index is 1.86. The summed E-state index contributed by atoms with van der Waals surface area (Å²) in [7, 11) is 0. The SMILES string of the molecule is OC[C@@H]1[C@@H]2CC[C@@H](C2)[C@H]1[Sn]([I])([c]1ccccc1)[c]1ccccc1. The van der Waals surface area contributed by atoms with Crippen LogP contribution in [0.5, 0.6) is 0 Å². The van der Waals surface area contributed by atoms with Gasteiger partial charge in [-0.05, 0) is 0 Å². The van der Waals surface area contributed by atoms with E-state index in [0.29, 0.717) is 12.5 Å². The molecule has 3 heteroatoms. The van der Waals surface area contributed by atoms with Crippen LogP contribution in [-0.2, 0) is 0 Å². The summed E-state index contributed by atoms with van der Waals surface area (Å²) in [5.74, 6) is 2.14. The summed E-state index contributed by atoms with van der Waals surface area (Å²) in [5, 5.41) is 10.1. The van der Waals surface area contributed by atoms with Crippen LogP contribution in [0, 0.1) is 17.8 Å². The average Bonchev–Trinajstić information content (AvgIpc) is 3.23. The normalized spacial score (nSPS) is 29.8. The maximum atomic E-state index is 10.1. The van der Waals surface area contributed by atoms with E-state index < -0.39 is 14.4 Å². The first-order valence-electron chi connectivity index (χ1n) is 8.66. The van der Waals surface area contributed by atoms with E-state index in [0.717, 1.165) is 15.8 Å². The molecule has 0 aromatic heterocycles. The molecule has 0 saturated heterocycles. The molecule has 23 heavy (non-hydrogen) atoms. The van der Waals surface area contributed by atoms with Gasteiger partial charge in [-0.1, -0.05) is 0 Å². The molecule has 1 N–H and O–H groups in total. The minimum atomic E-state index is -2.84. The second-order valence-electron chi connectivity index (χ2n) is 7.15. The Hall–Kier alpha value is -0.0713. The molecule has 2 saturated carbocycles. The van der Waals surface area contributed by atoms with Gasteiger partial charge < -0.3 is 0 Å². The van der Waals surface area contributed by atoms with Crippen LogP contribution >= 0.6 is 18.6 Å². The Kier molecular flexibility index (Phi) is 4.76. The molecule has 2 aromatic carbocycles. The number of aliphatic hydroxyl groups excluding tert-OH is 1. The zero-order valence-electron chi connectivity index (χ0n) is 13.2. The number of rotatable bonds is 4. The zero-order valence-corrected chi connectivity index (χ0v) is 18.2. The summed E-state index contributed by atoms with van der Waals surface area (Å²) in [4.78, 5) is 0. The summed E-state index contributed by atoms with van der Waals surface area (Å²) in [6, 6.07) is 22.5. The second-order valence-corrected chi connectivity index (χ2v) is 27.8. The molecule has 2 bridgehead atoms. The number of aliphatic hydroxyl groups is 1. The van der Waals surface area contributed by atoms with Crippen LogP contribution in [-0.4, -0.2) is 26.1 Å². The summed E-state index contributed by atoms with van der Waals surface area (Å²) < 4.78 is 3.91. The van der Waals surface area contributed by atoms with Gasteiger partial charge in [-0.3, -0.25) is 0 Å². The van der Waals surface area contributed by atoms with Crippen LogP contribution < -0.4 is 7.16 Å². The number of fused-ring (bicyclic) bond motifs is 2. The van der Waals surface area contributed by atoms with Crippen molar-refractivity contribution >= 4 is 40.2 Å². The molecule has 0 spiro atoms. The fraction of sp³-hybridized carbons (Fsp3) is 0.400. The molecule has 4 atom stereocenters. The van der Waals surface area contributed by atoms with Gasteiger partial charge in [-0.2, -0.15) is 0 Å². The van der Waals surface area contributed by atoms with Crippen LogP contribution in [0.25, 0.3) is 0 Å². The Labute approximate surface area is 152 Å². The molecule has 0 heterocycles. The number of hydrogen-bond acceptors (Lipinski definition) is 1. The molecule has 120 valence electrons. The van der Waals surface area contributed by atoms with Gasteiger partial charge in [0.1, 0.15) is 0 Å². The third kappa shape index (κ3) is 2.69. The van der Waals surface area contributed by atoms with Crippen molar-refractivity contribution in [1.82, 2.24) is 0 Å². The van der Waals surface area contributed by atoms with Crippen LogP contribution in [0.2, 0.25) is 3.93 Å². The van der Waals surface area contributed by atoms with E-state index in [1.165, 1.54) is 19.3 Å². The average molecular weight is 525 g/mol. The Bertz CT molecular complexity index is 620. The zero-order chi connectivity index (χ0) is 15.9. The summed E-state index contributed by atoms with van der Waals surface area (Å²) in [6.07, 6.45) is 4.08. The molecule has 0 radical (unpaired) electrons. The van der Waals surface area contributed by atoms with Crippen molar-refractivity contribution in [3.63, 3.8) is 0 Å². The Morgan fingerprint density at radius 2 is 1.39 bits per heavy atom. The minimum absolute atomic E-state index is 0.382. The van der Waals surface area contributed by atoms with Gasteiger partial charge in [0.25, 0.3) is 0 Å². The number of halogens is 1. The van der Waals surface area contributed by atoms with E-state index in [9.17, 15) is 5.11 Å². The summed E-state index contributed by atoms with van der Waals surface area (Å²) in [5.41, 5.74) is 0. The molecule has 0 unspecified atom stereocenters. The quantitative estimate of drug-likeness (QED) is 0.479. The molecule has 4 rings (SSSR count). The van der Waals surface area contributed by atoms with E-state index in [4.69, 9.17) is 0 Å². The van der Waals surface area contributed by atoms with Crippen molar-refractivity contribution in [2.24, 2.45) is 17.8 Å². The molecule has 0 aliphatic heterocycles. The predicted molar refractivity (Wildman–Crippen MR) is 107 cm³/mol. The van der Waals surface area contributed by atoms with Crippen molar-refractivity contribution in [1.29, 1.82) is 0 Å². The second kappa shape index (κ2) is 6.68. The van der Waals surface area contributed by atoms with Crippen molar-refractivity contribution < 1.29 is 5.11 Å². The van der Waals surface area contributed by atoms with E-state index >= 15 is 0 Å².